The summed E-state index contributed by atoms with van der Waals surface area (Å²) in [6.45, 7) is 21.2. The van der Waals surface area contributed by atoms with Crippen LogP contribution in [0.5, 0.6) is 0 Å². The van der Waals surface area contributed by atoms with Crippen molar-refractivity contribution in [3.8, 4) is 106 Å². The Kier molecular flexibility index (Phi) is 22.9. The first kappa shape index (κ1) is 79.8. The number of unbranched alkanes of at least 4 members (excludes halogenated alkanes) is 18. The van der Waals surface area contributed by atoms with Crippen molar-refractivity contribution >= 4 is 38.9 Å². The van der Waals surface area contributed by atoms with Crippen molar-refractivity contribution in [2.24, 2.45) is 0 Å². The molecule has 0 N–H and O–H groups in total. The molecule has 0 bridgehead atoms. The highest BCUT2D eigenvalue weighted by Gasteiger charge is 2.44. The first-order valence-electron chi connectivity index (χ1n) is 45.9. The normalized spacial score (nSPS) is 13.6. The minimum Gasteiger partial charge on any atom is -0.310 e. The molecule has 0 radical (unpaired) electrons. The first-order chi connectivity index (χ1) is 58.6. The van der Waals surface area contributed by atoms with E-state index < -0.39 is 0 Å². The summed E-state index contributed by atoms with van der Waals surface area (Å²) in [5.74, 6) is 0. The lowest BCUT2D eigenvalue weighted by Gasteiger charge is -2.34. The molecule has 14 aromatic carbocycles. The van der Waals surface area contributed by atoms with Crippen molar-refractivity contribution in [3.05, 3.63) is 347 Å². The second kappa shape index (κ2) is 34.4. The van der Waals surface area contributed by atoms with Gasteiger partial charge in [0.2, 0.25) is 0 Å². The molecule has 0 unspecified atom stereocenters. The Bertz CT molecular complexity index is 6190. The molecule has 602 valence electrons. The Morgan fingerprint density at radius 1 is 0.242 bits per heavy atom. The van der Waals surface area contributed by atoms with Gasteiger partial charge in [0.1, 0.15) is 0 Å². The third kappa shape index (κ3) is 15.5. The van der Waals surface area contributed by atoms with Crippen LogP contribution in [0.1, 0.15) is 233 Å². The number of para-hydroxylation sites is 1. The summed E-state index contributed by atoms with van der Waals surface area (Å²) in [7, 11) is 0. The van der Waals surface area contributed by atoms with Gasteiger partial charge in [-0.3, -0.25) is 0 Å². The van der Waals surface area contributed by atoms with Crippen molar-refractivity contribution in [1.29, 1.82) is 0 Å². The van der Waals surface area contributed by atoms with E-state index in [1.54, 1.807) is 11.1 Å². The number of hydrogen-bond acceptors (Lipinski definition) is 1. The first-order valence-corrected chi connectivity index (χ1v) is 45.9. The van der Waals surface area contributed by atoms with Gasteiger partial charge in [0.05, 0.1) is 11.0 Å². The molecule has 0 spiro atoms. The second-order valence-electron chi connectivity index (χ2n) is 36.8. The standard InChI is InChI=1S/C118H120N2/c1-10-12-14-16-18-20-22-24-26-33-69-118(70-34-27-25-23-21-19-17-15-13-11-2)112-76-93(85-48-45-81(3)46-49-85)57-65-103(112)107-72-83(5)106(80-113(107)118)88-52-50-86(51-53-88)92-56-64-100-102-68-62-98(79-111(102)117(8,9)109(100)75-92)119(97-61-67-101-99-63-47-82(4)71-108(99)116(6,7)110(101)78-97)95-59-54-87(55-60-95)94-58-66-105-104-43-31-32-44-114(104)120(115(105)77-94)96-42-36-41-91(74-96)90-40-35-39-89(73-90)84-37-29-28-30-38-84/h28-32,35-68,71-80H,10-27,33-34,69-70H2,1-9H3. The summed E-state index contributed by atoms with van der Waals surface area (Å²) >= 11 is 0. The van der Waals surface area contributed by atoms with E-state index in [4.69, 9.17) is 0 Å². The van der Waals surface area contributed by atoms with Crippen molar-refractivity contribution in [3.63, 3.8) is 0 Å². The Morgan fingerprint density at radius 2 is 0.625 bits per heavy atom. The predicted octanol–water partition coefficient (Wildman–Crippen LogP) is 34.7. The minimum absolute atomic E-state index is 0.0459. The van der Waals surface area contributed by atoms with Crippen LogP contribution in [0.15, 0.2) is 297 Å². The monoisotopic (exact) mass is 1560 g/mol. The zero-order valence-electron chi connectivity index (χ0n) is 72.7. The summed E-state index contributed by atoms with van der Waals surface area (Å²) in [6, 6.07) is 115. The third-order valence-electron chi connectivity index (χ3n) is 28.1. The van der Waals surface area contributed by atoms with Gasteiger partial charge in [-0.05, 0) is 258 Å². The lowest BCUT2D eigenvalue weighted by atomic mass is 9.69. The number of hydrogen-bond donors (Lipinski definition) is 0. The molecule has 18 rings (SSSR count). The summed E-state index contributed by atoms with van der Waals surface area (Å²) < 4.78 is 2.46. The molecule has 3 aliphatic carbocycles. The average molecular weight is 1570 g/mol. The van der Waals surface area contributed by atoms with Gasteiger partial charge in [-0.25, -0.2) is 0 Å². The highest BCUT2D eigenvalue weighted by Crippen LogP contribution is 2.58. The quantitative estimate of drug-likeness (QED) is 0.0382. The van der Waals surface area contributed by atoms with Crippen molar-refractivity contribution in [1.82, 2.24) is 4.57 Å². The van der Waals surface area contributed by atoms with Crippen LogP contribution in [0.3, 0.4) is 0 Å². The highest BCUT2D eigenvalue weighted by molar-refractivity contribution is 6.10. The number of benzene rings is 14. The van der Waals surface area contributed by atoms with E-state index in [0.29, 0.717) is 0 Å². The largest absolute Gasteiger partial charge is 0.310 e. The van der Waals surface area contributed by atoms with E-state index >= 15 is 0 Å². The summed E-state index contributed by atoms with van der Waals surface area (Å²) in [4.78, 5) is 2.52. The van der Waals surface area contributed by atoms with Crippen LogP contribution in [0.2, 0.25) is 0 Å². The number of fused-ring (bicyclic) bond motifs is 12. The van der Waals surface area contributed by atoms with Gasteiger partial charge in [0.25, 0.3) is 0 Å². The maximum Gasteiger partial charge on any atom is 0.0547 e. The van der Waals surface area contributed by atoms with Gasteiger partial charge in [-0.1, -0.05) is 393 Å². The molecular formula is C118H120N2. The van der Waals surface area contributed by atoms with Crippen LogP contribution in [0.4, 0.5) is 17.1 Å². The summed E-state index contributed by atoms with van der Waals surface area (Å²) in [5.41, 5.74) is 42.3. The van der Waals surface area contributed by atoms with E-state index in [1.807, 2.05) is 0 Å². The fourth-order valence-corrected chi connectivity index (χ4v) is 21.3. The second-order valence-corrected chi connectivity index (χ2v) is 36.8. The average Bonchev–Trinajstić information content (AvgIpc) is 1.55. The molecule has 1 aromatic heterocycles. The molecule has 0 aliphatic heterocycles. The Labute approximate surface area is 716 Å². The maximum absolute atomic E-state index is 2.69. The molecule has 1 heterocycles. The molecule has 2 heteroatoms. The molecule has 120 heavy (non-hydrogen) atoms. The van der Waals surface area contributed by atoms with E-state index in [-0.39, 0.29) is 16.2 Å². The zero-order valence-corrected chi connectivity index (χ0v) is 72.7. The molecular weight excluding hydrogens is 1450 g/mol. The molecule has 15 aromatic rings. The fourth-order valence-electron chi connectivity index (χ4n) is 21.3. The maximum atomic E-state index is 2.69. The Morgan fingerprint density at radius 3 is 1.22 bits per heavy atom. The van der Waals surface area contributed by atoms with E-state index in [1.165, 1.54) is 302 Å². The van der Waals surface area contributed by atoms with E-state index in [0.717, 1.165) is 22.7 Å². The van der Waals surface area contributed by atoms with E-state index in [9.17, 15) is 0 Å². The van der Waals surface area contributed by atoms with Crippen molar-refractivity contribution < 1.29 is 0 Å². The highest BCUT2D eigenvalue weighted by atomic mass is 15.1. The van der Waals surface area contributed by atoms with Gasteiger partial charge in [-0.15, -0.1) is 0 Å². The zero-order chi connectivity index (χ0) is 82.1. The Balaban J connectivity index is 0.653. The van der Waals surface area contributed by atoms with Crippen molar-refractivity contribution in [2.45, 2.75) is 220 Å². The van der Waals surface area contributed by atoms with Crippen molar-refractivity contribution in [2.75, 3.05) is 4.90 Å². The molecule has 0 saturated heterocycles. The third-order valence-corrected chi connectivity index (χ3v) is 28.1. The van der Waals surface area contributed by atoms with Crippen LogP contribution < -0.4 is 4.90 Å². The number of anilines is 3. The smallest absolute Gasteiger partial charge is 0.0547 e. The lowest BCUT2D eigenvalue weighted by Crippen LogP contribution is -2.26. The van der Waals surface area contributed by atoms with Gasteiger partial charge >= 0.3 is 0 Å². The number of rotatable bonds is 32. The van der Waals surface area contributed by atoms with Crippen LogP contribution in [0.25, 0.3) is 128 Å². The number of aromatic nitrogens is 1. The Hall–Kier alpha value is -11.3. The van der Waals surface area contributed by atoms with Crippen LogP contribution in [-0.4, -0.2) is 4.57 Å². The fraction of sp³-hybridized carbons (Fsp3) is 0.288. The molecule has 0 amide bonds. The summed E-state index contributed by atoms with van der Waals surface area (Å²) in [6.07, 6.45) is 29.5. The number of aryl methyl sites for hydroxylation is 3. The van der Waals surface area contributed by atoms with Gasteiger partial charge in [0.15, 0.2) is 0 Å². The van der Waals surface area contributed by atoms with Gasteiger partial charge in [0, 0.05) is 49.8 Å². The van der Waals surface area contributed by atoms with E-state index in [2.05, 4.69) is 369 Å². The number of nitrogens with zero attached hydrogens (tertiary/aromatic N) is 2. The minimum atomic E-state index is -0.282. The van der Waals surface area contributed by atoms with Crippen LogP contribution >= 0.6 is 0 Å². The molecule has 2 nitrogen and oxygen atoms in total. The van der Waals surface area contributed by atoms with Crippen LogP contribution in [-0.2, 0) is 16.2 Å². The van der Waals surface area contributed by atoms with Gasteiger partial charge in [-0.2, -0.15) is 0 Å². The SMILES string of the molecule is CCCCCCCCCCCCC1(CCCCCCCCCCCC)c2cc(-c3ccc(C)cc3)ccc2-c2cc(C)c(-c3ccc(-c4ccc5c(c4)C(C)(C)c4cc(N(c6ccc(-c7ccc8c9ccccc9n(-c9cccc(-c%10cccc(-c%11ccccc%11)c%10)c9)c8c7)cc6)c6ccc7c(c6)C(C)(C)c6cc(C)ccc6-7)ccc4-5)cc3)cc21. The molecule has 0 atom stereocenters. The van der Waals surface area contributed by atoms with Crippen LogP contribution in [0, 0.1) is 20.8 Å². The molecule has 3 aliphatic rings. The molecule has 0 fully saturated rings. The van der Waals surface area contributed by atoms with Gasteiger partial charge < -0.3 is 9.47 Å². The molecule has 0 saturated carbocycles. The summed E-state index contributed by atoms with van der Waals surface area (Å²) in [5, 5.41) is 2.48. The topological polar surface area (TPSA) is 8.17 Å². The lowest BCUT2D eigenvalue weighted by molar-refractivity contribution is 0.397. The predicted molar refractivity (Wildman–Crippen MR) is 517 cm³/mol.